The molecule has 9 nitrogen and oxygen atoms in total. The highest BCUT2D eigenvalue weighted by Gasteiger charge is 2.53. The van der Waals surface area contributed by atoms with E-state index in [9.17, 15) is 9.59 Å². The third-order valence-corrected chi connectivity index (χ3v) is 8.11. The van der Waals surface area contributed by atoms with Crippen molar-refractivity contribution in [1.82, 2.24) is 15.5 Å². The Labute approximate surface area is 229 Å². The van der Waals surface area contributed by atoms with E-state index >= 15 is 0 Å². The Bertz CT molecular complexity index is 1310. The number of guanidine groups is 1. The zero-order valence-corrected chi connectivity index (χ0v) is 23.5. The van der Waals surface area contributed by atoms with Gasteiger partial charge in [0.2, 0.25) is 5.91 Å². The maximum absolute atomic E-state index is 13.6. The molecule has 2 amide bonds. The molecule has 0 saturated carbocycles. The summed E-state index contributed by atoms with van der Waals surface area (Å²) in [7, 11) is 1.58. The number of amides is 2. The van der Waals surface area contributed by atoms with Gasteiger partial charge in [-0.1, -0.05) is 25.1 Å². The van der Waals surface area contributed by atoms with Crippen LogP contribution < -0.4 is 20.1 Å². The van der Waals surface area contributed by atoms with Crippen LogP contribution in [0.1, 0.15) is 87.4 Å². The first-order valence-electron chi connectivity index (χ1n) is 13.5. The normalized spacial score (nSPS) is 29.0. The van der Waals surface area contributed by atoms with Gasteiger partial charge in [0.1, 0.15) is 23.1 Å². The number of hydrogen-bond donors (Lipinski definition) is 3. The maximum atomic E-state index is 13.6. The first kappa shape index (κ1) is 27.0. The summed E-state index contributed by atoms with van der Waals surface area (Å²) >= 11 is 0. The second-order valence-corrected chi connectivity index (χ2v) is 12.0. The summed E-state index contributed by atoms with van der Waals surface area (Å²) in [6.45, 7) is 10.0. The van der Waals surface area contributed by atoms with Crippen molar-refractivity contribution in [2.45, 2.75) is 82.7 Å². The van der Waals surface area contributed by atoms with Crippen LogP contribution >= 0.6 is 0 Å². The molecule has 9 heteroatoms. The van der Waals surface area contributed by atoms with Crippen LogP contribution in [0, 0.1) is 5.41 Å². The maximum Gasteiger partial charge on any atom is 0.251 e. The van der Waals surface area contributed by atoms with Crippen LogP contribution in [0.4, 0.5) is 0 Å². The number of hydrogen-bond acceptors (Lipinski definition) is 6. The van der Waals surface area contributed by atoms with Gasteiger partial charge in [0.25, 0.3) is 5.91 Å². The average molecular weight is 535 g/mol. The van der Waals surface area contributed by atoms with E-state index < -0.39 is 22.8 Å². The molecular formula is C30H38N4O5. The Balaban J connectivity index is 1.47. The fraction of sp³-hybridized carbons (Fsp3) is 0.500. The molecule has 2 aromatic carbocycles. The highest BCUT2D eigenvalue weighted by Crippen LogP contribution is 2.48. The van der Waals surface area contributed by atoms with Gasteiger partial charge >= 0.3 is 0 Å². The number of methoxy groups -OCH3 is 1. The summed E-state index contributed by atoms with van der Waals surface area (Å²) in [5, 5.41) is 15.2. The van der Waals surface area contributed by atoms with E-state index in [0.717, 1.165) is 11.3 Å². The zero-order valence-electron chi connectivity index (χ0n) is 23.5. The average Bonchev–Trinajstić information content (AvgIpc) is 3.14. The van der Waals surface area contributed by atoms with Gasteiger partial charge in [-0.3, -0.25) is 19.9 Å². The standard InChI is InChI=1S/C30H38N4O5/c1-7-29(4)16-24(35)34(27(31)33-29)25-20-14-18(12-13-23(20)39-30(25,5)17-37-6)26(36)32-21-15-28(2,3)38-22-11-9-8-10-19(21)22/h8-14,21,25H,7,15-17H2,1-6H3,(H2,31,33)(H,32,36)/t21-,25-,29?,30?/m0/s1. The van der Waals surface area contributed by atoms with Crippen molar-refractivity contribution in [2.75, 3.05) is 13.7 Å². The molecule has 0 spiro atoms. The van der Waals surface area contributed by atoms with Crippen molar-refractivity contribution < 1.29 is 23.8 Å². The first-order valence-corrected chi connectivity index (χ1v) is 13.5. The highest BCUT2D eigenvalue weighted by atomic mass is 16.5. The summed E-state index contributed by atoms with van der Waals surface area (Å²) in [5.41, 5.74) is 0.209. The number of nitrogens with zero attached hydrogens (tertiary/aromatic N) is 1. The third kappa shape index (κ3) is 4.84. The molecule has 3 heterocycles. The number of benzene rings is 2. The van der Waals surface area contributed by atoms with Gasteiger partial charge in [-0.05, 0) is 58.4 Å². The van der Waals surface area contributed by atoms with Crippen LogP contribution in [0.25, 0.3) is 0 Å². The predicted octanol–water partition coefficient (Wildman–Crippen LogP) is 4.48. The lowest BCUT2D eigenvalue weighted by molar-refractivity contribution is -0.136. The van der Waals surface area contributed by atoms with E-state index in [1.165, 1.54) is 4.90 Å². The van der Waals surface area contributed by atoms with Gasteiger partial charge in [0.15, 0.2) is 11.6 Å². The van der Waals surface area contributed by atoms with Crippen molar-refractivity contribution in [1.29, 1.82) is 5.41 Å². The second kappa shape index (κ2) is 9.55. The fourth-order valence-electron chi connectivity index (χ4n) is 6.03. The molecule has 1 saturated heterocycles. The Morgan fingerprint density at radius 2 is 1.85 bits per heavy atom. The van der Waals surface area contributed by atoms with Gasteiger partial charge in [-0.25, -0.2) is 0 Å². The SMILES string of the molecule is CCC1(C)CC(=O)N([C@H]2c3cc(C(=O)N[C@H]4CC(C)(C)Oc5ccccc54)ccc3OC2(C)COC)C(=N)N1. The Kier molecular flexibility index (Phi) is 6.61. The van der Waals surface area contributed by atoms with Crippen LogP contribution in [0.5, 0.6) is 11.5 Å². The molecule has 3 N–H and O–H groups in total. The molecule has 3 aliphatic heterocycles. The second-order valence-electron chi connectivity index (χ2n) is 12.0. The number of nitrogens with one attached hydrogen (secondary N) is 3. The summed E-state index contributed by atoms with van der Waals surface area (Å²) in [6, 6.07) is 12.2. The summed E-state index contributed by atoms with van der Waals surface area (Å²) in [4.78, 5) is 28.5. The van der Waals surface area contributed by atoms with Crippen molar-refractivity contribution >= 4 is 17.8 Å². The minimum absolute atomic E-state index is 0.0234. The van der Waals surface area contributed by atoms with E-state index in [1.54, 1.807) is 25.3 Å². The van der Waals surface area contributed by atoms with Gasteiger partial charge < -0.3 is 24.8 Å². The molecule has 2 aromatic rings. The van der Waals surface area contributed by atoms with Crippen molar-refractivity contribution in [3.05, 3.63) is 59.2 Å². The lowest BCUT2D eigenvalue weighted by Gasteiger charge is -2.45. The molecule has 5 rings (SSSR count). The van der Waals surface area contributed by atoms with Crippen LogP contribution in [0.15, 0.2) is 42.5 Å². The molecule has 2 unspecified atom stereocenters. The van der Waals surface area contributed by atoms with E-state index in [-0.39, 0.29) is 36.8 Å². The number of carbonyl (C=O) groups is 2. The minimum Gasteiger partial charge on any atom is -0.487 e. The largest absolute Gasteiger partial charge is 0.487 e. The first-order chi connectivity index (χ1) is 18.4. The zero-order chi connectivity index (χ0) is 28.2. The van der Waals surface area contributed by atoms with Crippen LogP contribution in [-0.4, -0.2) is 53.1 Å². The number of carbonyl (C=O) groups excluding carboxylic acids is 2. The number of para-hydroxylation sites is 1. The molecule has 0 bridgehead atoms. The smallest absolute Gasteiger partial charge is 0.251 e. The Hall–Kier alpha value is -3.59. The molecule has 1 fully saturated rings. The van der Waals surface area contributed by atoms with Gasteiger partial charge in [0.05, 0.1) is 19.1 Å². The predicted molar refractivity (Wildman–Crippen MR) is 147 cm³/mol. The number of rotatable bonds is 6. The van der Waals surface area contributed by atoms with Gasteiger partial charge in [-0.2, -0.15) is 0 Å². The summed E-state index contributed by atoms with van der Waals surface area (Å²) in [5.74, 6) is 0.966. The third-order valence-electron chi connectivity index (χ3n) is 8.11. The summed E-state index contributed by atoms with van der Waals surface area (Å²) < 4.78 is 18.0. The van der Waals surface area contributed by atoms with Crippen LogP contribution in [0.2, 0.25) is 0 Å². The number of ether oxygens (including phenoxy) is 3. The summed E-state index contributed by atoms with van der Waals surface area (Å²) in [6.07, 6.45) is 1.58. The van der Waals surface area contributed by atoms with E-state index in [0.29, 0.717) is 29.7 Å². The quantitative estimate of drug-likeness (QED) is 0.504. The van der Waals surface area contributed by atoms with Crippen molar-refractivity contribution in [3.8, 4) is 11.5 Å². The molecule has 3 aliphatic rings. The topological polar surface area (TPSA) is 113 Å². The fourth-order valence-corrected chi connectivity index (χ4v) is 6.03. The van der Waals surface area contributed by atoms with E-state index in [2.05, 4.69) is 10.6 Å². The van der Waals surface area contributed by atoms with Crippen molar-refractivity contribution in [3.63, 3.8) is 0 Å². The Morgan fingerprint density at radius 1 is 1.13 bits per heavy atom. The van der Waals surface area contributed by atoms with Gasteiger partial charge in [0, 0.05) is 35.8 Å². The molecular weight excluding hydrogens is 496 g/mol. The van der Waals surface area contributed by atoms with E-state index in [1.807, 2.05) is 58.9 Å². The minimum atomic E-state index is -0.945. The van der Waals surface area contributed by atoms with Crippen molar-refractivity contribution in [2.24, 2.45) is 0 Å². The van der Waals surface area contributed by atoms with E-state index in [4.69, 9.17) is 19.6 Å². The highest BCUT2D eigenvalue weighted by molar-refractivity contribution is 6.00. The molecule has 0 aliphatic carbocycles. The molecule has 39 heavy (non-hydrogen) atoms. The monoisotopic (exact) mass is 534 g/mol. The van der Waals surface area contributed by atoms with Crippen LogP contribution in [-0.2, 0) is 9.53 Å². The molecule has 0 radical (unpaired) electrons. The lowest BCUT2D eigenvalue weighted by Crippen LogP contribution is -2.64. The molecule has 4 atom stereocenters. The van der Waals surface area contributed by atoms with Gasteiger partial charge in [-0.15, -0.1) is 0 Å². The van der Waals surface area contributed by atoms with Crippen LogP contribution in [0.3, 0.4) is 0 Å². The molecule has 208 valence electrons. The molecule has 0 aromatic heterocycles. The number of fused-ring (bicyclic) bond motifs is 2. The lowest BCUT2D eigenvalue weighted by atomic mass is 9.86. The Morgan fingerprint density at radius 3 is 2.54 bits per heavy atom.